The zero-order valence-corrected chi connectivity index (χ0v) is 12.7. The smallest absolute Gasteiger partial charge is 0.349 e. The van der Waals surface area contributed by atoms with Crippen LogP contribution in [0.3, 0.4) is 0 Å². The molecule has 0 saturated heterocycles. The quantitative estimate of drug-likeness (QED) is 0.452. The molecule has 2 aromatic rings. The van der Waals surface area contributed by atoms with Crippen molar-refractivity contribution in [1.82, 2.24) is 0 Å². The number of halogens is 1. The van der Waals surface area contributed by atoms with E-state index in [9.17, 15) is 28.6 Å². The van der Waals surface area contributed by atoms with Crippen LogP contribution in [0, 0.1) is 20.2 Å². The van der Waals surface area contributed by atoms with Crippen molar-refractivity contribution in [2.75, 3.05) is 0 Å². The lowest BCUT2D eigenvalue weighted by molar-refractivity contribution is -0.384. The second-order valence-electron chi connectivity index (χ2n) is 3.77. The summed E-state index contributed by atoms with van der Waals surface area (Å²) >= 11 is 6.07. The molecule has 0 spiro atoms. The minimum atomic E-state index is -4.32. The summed E-state index contributed by atoms with van der Waals surface area (Å²) in [4.78, 5) is 19.7. The standard InChI is InChI=1S/C10H5ClN2O7S2/c11-10-8(13(16)17)5-9(21-10)22(18,19)20-7-3-1-6(2-4-7)12(14)15/h1-5H. The van der Waals surface area contributed by atoms with Crippen molar-refractivity contribution in [1.29, 1.82) is 0 Å². The number of non-ortho nitro benzene ring substituents is 1. The molecule has 12 heteroatoms. The molecule has 0 amide bonds. The lowest BCUT2D eigenvalue weighted by Gasteiger charge is -2.04. The molecule has 0 aliphatic carbocycles. The van der Waals surface area contributed by atoms with E-state index in [1.807, 2.05) is 0 Å². The Labute approximate surface area is 132 Å². The minimum Gasteiger partial charge on any atom is -0.378 e. The molecule has 1 aromatic carbocycles. The van der Waals surface area contributed by atoms with Crippen molar-refractivity contribution in [3.05, 3.63) is 54.9 Å². The zero-order chi connectivity index (χ0) is 16.5. The monoisotopic (exact) mass is 364 g/mol. The summed E-state index contributed by atoms with van der Waals surface area (Å²) in [5.41, 5.74) is -0.780. The van der Waals surface area contributed by atoms with Crippen molar-refractivity contribution in [3.63, 3.8) is 0 Å². The van der Waals surface area contributed by atoms with Crippen LogP contribution in [0.15, 0.2) is 34.5 Å². The minimum absolute atomic E-state index is 0.169. The zero-order valence-electron chi connectivity index (χ0n) is 10.3. The number of nitro benzene ring substituents is 1. The summed E-state index contributed by atoms with van der Waals surface area (Å²) in [5, 5.41) is 21.1. The fraction of sp³-hybridized carbons (Fsp3) is 0. The number of thiophene rings is 1. The Kier molecular flexibility index (Phi) is 4.30. The Hall–Kier alpha value is -2.24. The van der Waals surface area contributed by atoms with Gasteiger partial charge in [0.1, 0.15) is 5.75 Å². The summed E-state index contributed by atoms with van der Waals surface area (Å²) in [6, 6.07) is 5.11. The molecule has 22 heavy (non-hydrogen) atoms. The van der Waals surface area contributed by atoms with Gasteiger partial charge in [0.15, 0.2) is 8.55 Å². The summed E-state index contributed by atoms with van der Waals surface area (Å²) < 4.78 is 28.0. The van der Waals surface area contributed by atoms with Crippen molar-refractivity contribution < 1.29 is 22.4 Å². The highest BCUT2D eigenvalue weighted by Crippen LogP contribution is 2.37. The third kappa shape index (κ3) is 3.32. The molecule has 0 radical (unpaired) electrons. The topological polar surface area (TPSA) is 130 Å². The molecular formula is C10H5ClN2O7S2. The van der Waals surface area contributed by atoms with E-state index in [-0.39, 0.29) is 15.8 Å². The Balaban J connectivity index is 2.29. The molecule has 0 aliphatic rings. The normalized spacial score (nSPS) is 11.1. The van der Waals surface area contributed by atoms with Gasteiger partial charge < -0.3 is 4.18 Å². The van der Waals surface area contributed by atoms with Crippen LogP contribution in [0.1, 0.15) is 0 Å². The van der Waals surface area contributed by atoms with Gasteiger partial charge in [-0.3, -0.25) is 20.2 Å². The lowest BCUT2D eigenvalue weighted by atomic mass is 10.3. The number of nitro groups is 2. The summed E-state index contributed by atoms with van der Waals surface area (Å²) in [7, 11) is -4.32. The highest BCUT2D eigenvalue weighted by Gasteiger charge is 2.27. The third-order valence-corrected chi connectivity index (χ3v) is 5.36. The van der Waals surface area contributed by atoms with E-state index < -0.39 is 29.9 Å². The van der Waals surface area contributed by atoms with E-state index in [1.54, 1.807) is 0 Å². The fourth-order valence-corrected chi connectivity index (χ4v) is 3.94. The predicted octanol–water partition coefficient (Wildman–Crippen LogP) is 2.99. The summed E-state index contributed by atoms with van der Waals surface area (Å²) in [6.07, 6.45) is 0. The first-order valence-corrected chi connectivity index (χ1v) is 7.93. The Bertz CT molecular complexity index is 845. The molecule has 0 saturated carbocycles. The molecule has 0 bridgehead atoms. The van der Waals surface area contributed by atoms with Gasteiger partial charge in [0.05, 0.1) is 15.9 Å². The highest BCUT2D eigenvalue weighted by molar-refractivity contribution is 7.89. The van der Waals surface area contributed by atoms with Crippen molar-refractivity contribution in [2.24, 2.45) is 0 Å². The van der Waals surface area contributed by atoms with Gasteiger partial charge in [0.2, 0.25) is 0 Å². The molecule has 0 N–H and O–H groups in total. The average molecular weight is 365 g/mol. The van der Waals surface area contributed by atoms with E-state index in [0.717, 1.165) is 30.3 Å². The van der Waals surface area contributed by atoms with Gasteiger partial charge in [-0.1, -0.05) is 11.6 Å². The number of hydrogen-bond acceptors (Lipinski definition) is 8. The van der Waals surface area contributed by atoms with Crippen LogP contribution in [0.2, 0.25) is 4.34 Å². The maximum Gasteiger partial charge on any atom is 0.349 e. The van der Waals surface area contributed by atoms with Gasteiger partial charge in [-0.15, -0.1) is 11.3 Å². The molecule has 1 heterocycles. The Morgan fingerprint density at radius 2 is 1.68 bits per heavy atom. The van der Waals surface area contributed by atoms with Gasteiger partial charge in [-0.2, -0.15) is 8.42 Å². The number of rotatable bonds is 5. The van der Waals surface area contributed by atoms with Gasteiger partial charge in [-0.05, 0) is 12.1 Å². The van der Waals surface area contributed by atoms with Gasteiger partial charge >= 0.3 is 10.1 Å². The van der Waals surface area contributed by atoms with Crippen molar-refractivity contribution in [3.8, 4) is 5.75 Å². The maximum absolute atomic E-state index is 12.0. The van der Waals surface area contributed by atoms with Crippen molar-refractivity contribution in [2.45, 2.75) is 4.21 Å². The molecule has 0 unspecified atom stereocenters. The molecule has 0 atom stereocenters. The fourth-order valence-electron chi connectivity index (χ4n) is 1.38. The Morgan fingerprint density at radius 1 is 1.09 bits per heavy atom. The summed E-state index contributed by atoms with van der Waals surface area (Å²) in [6.45, 7) is 0. The van der Waals surface area contributed by atoms with E-state index in [4.69, 9.17) is 15.8 Å². The first-order valence-electron chi connectivity index (χ1n) is 5.33. The molecule has 116 valence electrons. The number of hydrogen-bond donors (Lipinski definition) is 0. The van der Waals surface area contributed by atoms with Crippen LogP contribution in [0.25, 0.3) is 0 Å². The first kappa shape index (κ1) is 16.1. The first-order chi connectivity index (χ1) is 10.2. The molecule has 0 aliphatic heterocycles. The van der Waals surface area contributed by atoms with Gasteiger partial charge in [-0.25, -0.2) is 0 Å². The third-order valence-electron chi connectivity index (χ3n) is 2.34. The van der Waals surface area contributed by atoms with Crippen molar-refractivity contribution >= 4 is 44.4 Å². The van der Waals surface area contributed by atoms with E-state index in [1.165, 1.54) is 0 Å². The molecular weight excluding hydrogens is 360 g/mol. The van der Waals surface area contributed by atoms with Crippen LogP contribution in [0.5, 0.6) is 5.75 Å². The number of nitrogens with zero attached hydrogens (tertiary/aromatic N) is 2. The van der Waals surface area contributed by atoms with Crippen LogP contribution >= 0.6 is 22.9 Å². The highest BCUT2D eigenvalue weighted by atomic mass is 35.5. The maximum atomic E-state index is 12.0. The van der Waals surface area contributed by atoms with Crippen LogP contribution in [0.4, 0.5) is 11.4 Å². The molecule has 1 aromatic heterocycles. The predicted molar refractivity (Wildman–Crippen MR) is 76.9 cm³/mol. The molecule has 0 fully saturated rings. The van der Waals surface area contributed by atoms with E-state index in [2.05, 4.69) is 0 Å². The van der Waals surface area contributed by atoms with Crippen LogP contribution in [-0.2, 0) is 10.1 Å². The number of benzene rings is 1. The van der Waals surface area contributed by atoms with Gasteiger partial charge in [0.25, 0.3) is 11.4 Å². The summed E-state index contributed by atoms with van der Waals surface area (Å²) in [5.74, 6) is -0.169. The van der Waals surface area contributed by atoms with Crippen LogP contribution < -0.4 is 4.18 Å². The SMILES string of the molecule is O=[N+]([O-])c1ccc(OS(=O)(=O)c2cc([N+](=O)[O-])c(Cl)s2)cc1. The van der Waals surface area contributed by atoms with Gasteiger partial charge in [0, 0.05) is 12.1 Å². The lowest BCUT2D eigenvalue weighted by Crippen LogP contribution is -2.08. The second-order valence-corrected chi connectivity index (χ2v) is 7.20. The second kappa shape index (κ2) is 5.87. The molecule has 2 rings (SSSR count). The van der Waals surface area contributed by atoms with Crippen LogP contribution in [-0.4, -0.2) is 18.3 Å². The van der Waals surface area contributed by atoms with E-state index >= 15 is 0 Å². The largest absolute Gasteiger partial charge is 0.378 e. The average Bonchev–Trinajstić information content (AvgIpc) is 2.82. The molecule has 9 nitrogen and oxygen atoms in total. The van der Waals surface area contributed by atoms with E-state index in [0.29, 0.717) is 11.3 Å². The Morgan fingerprint density at radius 3 is 2.14 bits per heavy atom.